The van der Waals surface area contributed by atoms with Crippen molar-refractivity contribution in [3.63, 3.8) is 0 Å². The normalized spacial score (nSPS) is 28.8. The van der Waals surface area contributed by atoms with E-state index < -0.39 is 0 Å². The Bertz CT molecular complexity index is 987. The SMILES string of the molecule is CC1(C)[C@H]2CC=C(Cn3cc(CC4SC(=O)NC4=O)c4ccccc43)[C@H]1C2. The van der Waals surface area contributed by atoms with Gasteiger partial charge in [-0.25, -0.2) is 0 Å². The highest BCUT2D eigenvalue weighted by Gasteiger charge is 2.51. The van der Waals surface area contributed by atoms with Crippen LogP contribution < -0.4 is 5.32 Å². The van der Waals surface area contributed by atoms with E-state index >= 15 is 0 Å². The Hall–Kier alpha value is -2.01. The Morgan fingerprint density at radius 3 is 2.78 bits per heavy atom. The van der Waals surface area contributed by atoms with Gasteiger partial charge in [-0.3, -0.25) is 14.9 Å². The molecule has 140 valence electrons. The molecule has 3 atom stereocenters. The van der Waals surface area contributed by atoms with Crippen molar-refractivity contribution >= 4 is 33.8 Å². The molecule has 2 heterocycles. The number of thioether (sulfide) groups is 1. The zero-order valence-corrected chi connectivity index (χ0v) is 16.5. The van der Waals surface area contributed by atoms with Gasteiger partial charge in [-0.15, -0.1) is 0 Å². The second-order valence-corrected chi connectivity index (χ2v) is 9.88. The van der Waals surface area contributed by atoms with Crippen LogP contribution in [0, 0.1) is 17.3 Å². The summed E-state index contributed by atoms with van der Waals surface area (Å²) in [6, 6.07) is 8.40. The second kappa shape index (κ2) is 5.99. The molecule has 1 saturated heterocycles. The molecule has 2 aromatic rings. The monoisotopic (exact) mass is 380 g/mol. The Morgan fingerprint density at radius 2 is 2.07 bits per heavy atom. The first-order valence-electron chi connectivity index (χ1n) is 9.70. The van der Waals surface area contributed by atoms with E-state index in [0.717, 1.165) is 29.8 Å². The molecule has 6 rings (SSSR count). The minimum atomic E-state index is -0.322. The van der Waals surface area contributed by atoms with E-state index in [1.54, 1.807) is 5.57 Å². The molecule has 2 amide bonds. The van der Waals surface area contributed by atoms with Crippen molar-refractivity contribution in [1.29, 1.82) is 0 Å². The summed E-state index contributed by atoms with van der Waals surface area (Å²) in [5.41, 5.74) is 4.34. The van der Waals surface area contributed by atoms with E-state index in [4.69, 9.17) is 0 Å². The largest absolute Gasteiger partial charge is 0.343 e. The lowest BCUT2D eigenvalue weighted by atomic mass is 9.49. The molecule has 3 aliphatic carbocycles. The van der Waals surface area contributed by atoms with Crippen molar-refractivity contribution in [1.82, 2.24) is 9.88 Å². The zero-order valence-electron chi connectivity index (χ0n) is 15.7. The fourth-order valence-corrected chi connectivity index (χ4v) is 6.04. The molecule has 0 radical (unpaired) electrons. The van der Waals surface area contributed by atoms with Gasteiger partial charge in [0.05, 0.1) is 5.25 Å². The van der Waals surface area contributed by atoms with Gasteiger partial charge in [0.2, 0.25) is 5.91 Å². The number of carbonyl (C=O) groups excluding carboxylic acids is 2. The Kier molecular flexibility index (Phi) is 3.80. The van der Waals surface area contributed by atoms with E-state index in [-0.39, 0.29) is 16.4 Å². The molecule has 1 aliphatic heterocycles. The first kappa shape index (κ1) is 17.1. The summed E-state index contributed by atoms with van der Waals surface area (Å²) < 4.78 is 2.34. The van der Waals surface area contributed by atoms with Crippen molar-refractivity contribution in [2.45, 2.75) is 44.9 Å². The number of para-hydroxylation sites is 1. The molecule has 2 fully saturated rings. The van der Waals surface area contributed by atoms with Gasteiger partial charge in [0.25, 0.3) is 5.24 Å². The number of benzene rings is 1. The summed E-state index contributed by atoms with van der Waals surface area (Å²) in [5.74, 6) is 1.37. The maximum absolute atomic E-state index is 12.0. The van der Waals surface area contributed by atoms with Crippen LogP contribution in [0.2, 0.25) is 0 Å². The lowest BCUT2D eigenvalue weighted by Gasteiger charge is -2.56. The minimum Gasteiger partial charge on any atom is -0.343 e. The summed E-state index contributed by atoms with van der Waals surface area (Å²) >= 11 is 1.11. The van der Waals surface area contributed by atoms with Gasteiger partial charge in [0, 0.05) is 23.6 Å². The van der Waals surface area contributed by atoms with Crippen LogP contribution in [0.15, 0.2) is 42.1 Å². The zero-order chi connectivity index (χ0) is 18.8. The van der Waals surface area contributed by atoms with Gasteiger partial charge in [-0.2, -0.15) is 0 Å². The standard InChI is InChI=1S/C22H24N2O2S/c1-22(2)15-8-7-13(17(22)10-15)11-24-12-14(16-5-3-4-6-18(16)24)9-19-20(25)23-21(26)27-19/h3-7,12,15,17,19H,8-11H2,1-2H3,(H,23,25,26)/t15-,17+,19?/m0/s1. The van der Waals surface area contributed by atoms with Crippen LogP contribution in [-0.2, 0) is 17.8 Å². The highest BCUT2D eigenvalue weighted by molar-refractivity contribution is 8.15. The maximum Gasteiger partial charge on any atom is 0.286 e. The average molecular weight is 381 g/mol. The number of hydrogen-bond donors (Lipinski definition) is 1. The highest BCUT2D eigenvalue weighted by atomic mass is 32.2. The fourth-order valence-electron chi connectivity index (χ4n) is 5.20. The molecule has 1 unspecified atom stereocenters. The number of hydrogen-bond acceptors (Lipinski definition) is 3. The van der Waals surface area contributed by atoms with E-state index in [9.17, 15) is 9.59 Å². The van der Waals surface area contributed by atoms with E-state index in [1.807, 2.05) is 6.07 Å². The van der Waals surface area contributed by atoms with Crippen molar-refractivity contribution in [2.75, 3.05) is 0 Å². The molecule has 1 aromatic carbocycles. The molecule has 27 heavy (non-hydrogen) atoms. The molecule has 4 aliphatic rings. The fraction of sp³-hybridized carbons (Fsp3) is 0.455. The summed E-state index contributed by atoms with van der Waals surface area (Å²) in [7, 11) is 0. The van der Waals surface area contributed by atoms with Crippen LogP contribution >= 0.6 is 11.8 Å². The second-order valence-electron chi connectivity index (χ2n) is 8.71. The molecular weight excluding hydrogens is 356 g/mol. The van der Waals surface area contributed by atoms with Gasteiger partial charge in [0.15, 0.2) is 0 Å². The summed E-state index contributed by atoms with van der Waals surface area (Å²) in [6.07, 6.45) is 7.76. The van der Waals surface area contributed by atoms with E-state index in [0.29, 0.717) is 17.8 Å². The topological polar surface area (TPSA) is 51.1 Å². The van der Waals surface area contributed by atoms with Crippen molar-refractivity contribution in [3.05, 3.63) is 47.7 Å². The first-order chi connectivity index (χ1) is 12.9. The number of nitrogens with one attached hydrogen (secondary N) is 1. The molecule has 5 heteroatoms. The third-order valence-electron chi connectivity index (χ3n) is 6.98. The number of fused-ring (bicyclic) bond motifs is 2. The van der Waals surface area contributed by atoms with Gasteiger partial charge >= 0.3 is 0 Å². The molecule has 1 saturated carbocycles. The molecule has 4 nitrogen and oxygen atoms in total. The van der Waals surface area contributed by atoms with Crippen molar-refractivity contribution < 1.29 is 9.59 Å². The molecular formula is C22H24N2O2S. The van der Waals surface area contributed by atoms with Crippen LogP contribution in [0.3, 0.4) is 0 Å². The van der Waals surface area contributed by atoms with E-state index in [1.165, 1.54) is 23.7 Å². The molecule has 2 bridgehead atoms. The average Bonchev–Trinajstić information content (AvgIpc) is 3.15. The maximum atomic E-state index is 12.0. The van der Waals surface area contributed by atoms with Gasteiger partial charge in [-0.05, 0) is 48.1 Å². The molecule has 1 N–H and O–H groups in total. The lowest BCUT2D eigenvalue weighted by Crippen LogP contribution is -2.48. The molecule has 0 spiro atoms. The number of nitrogens with zero attached hydrogens (tertiary/aromatic N) is 1. The Balaban J connectivity index is 1.46. The number of rotatable bonds is 4. The summed E-state index contributed by atoms with van der Waals surface area (Å²) in [4.78, 5) is 23.5. The number of allylic oxidation sites excluding steroid dienone is 2. The van der Waals surface area contributed by atoms with Gasteiger partial charge in [0.1, 0.15) is 0 Å². The quantitative estimate of drug-likeness (QED) is 0.793. The van der Waals surface area contributed by atoms with Crippen LogP contribution in [0.25, 0.3) is 10.9 Å². The first-order valence-corrected chi connectivity index (χ1v) is 10.6. The van der Waals surface area contributed by atoms with Crippen LogP contribution in [0.1, 0.15) is 32.3 Å². The Labute approximate surface area is 163 Å². The number of aromatic nitrogens is 1. The lowest BCUT2D eigenvalue weighted by molar-refractivity contribution is -0.118. The predicted molar refractivity (Wildman–Crippen MR) is 109 cm³/mol. The van der Waals surface area contributed by atoms with E-state index in [2.05, 4.69) is 54.2 Å². The minimum absolute atomic E-state index is 0.168. The smallest absolute Gasteiger partial charge is 0.286 e. The highest BCUT2D eigenvalue weighted by Crippen LogP contribution is 2.59. The van der Waals surface area contributed by atoms with Gasteiger partial charge in [-0.1, -0.05) is 55.5 Å². The number of imide groups is 1. The van der Waals surface area contributed by atoms with Crippen molar-refractivity contribution in [2.24, 2.45) is 17.3 Å². The summed E-state index contributed by atoms with van der Waals surface area (Å²) in [6.45, 7) is 5.74. The third kappa shape index (κ3) is 2.66. The molecule has 1 aromatic heterocycles. The predicted octanol–water partition coefficient (Wildman–Crippen LogP) is 4.53. The third-order valence-corrected chi connectivity index (χ3v) is 7.96. The Morgan fingerprint density at radius 1 is 1.26 bits per heavy atom. The number of carbonyl (C=O) groups is 2. The van der Waals surface area contributed by atoms with Crippen molar-refractivity contribution in [3.8, 4) is 0 Å². The van der Waals surface area contributed by atoms with Gasteiger partial charge < -0.3 is 4.57 Å². The van der Waals surface area contributed by atoms with Crippen LogP contribution in [0.5, 0.6) is 0 Å². The van der Waals surface area contributed by atoms with Crippen LogP contribution in [0.4, 0.5) is 4.79 Å². The summed E-state index contributed by atoms with van der Waals surface area (Å²) in [5, 5.41) is 3.03. The van der Waals surface area contributed by atoms with Crippen LogP contribution in [-0.4, -0.2) is 21.0 Å². The number of amides is 2.